The zero-order valence-electron chi connectivity index (χ0n) is 11.7. The van der Waals surface area contributed by atoms with Gasteiger partial charge in [-0.2, -0.15) is 5.10 Å². The lowest BCUT2D eigenvalue weighted by molar-refractivity contribution is 0.373. The third-order valence-corrected chi connectivity index (χ3v) is 3.31. The van der Waals surface area contributed by atoms with Crippen LogP contribution in [0.1, 0.15) is 17.0 Å². The fourth-order valence-corrected chi connectivity index (χ4v) is 2.06. The topological polar surface area (TPSA) is 59.3 Å². The second-order valence-electron chi connectivity index (χ2n) is 4.51. The van der Waals surface area contributed by atoms with Gasteiger partial charge in [-0.05, 0) is 26.0 Å². The molecule has 0 saturated heterocycles. The Kier molecular flexibility index (Phi) is 3.64. The summed E-state index contributed by atoms with van der Waals surface area (Å²) in [7, 11) is 3.47. The molecule has 5 nitrogen and oxygen atoms in total. The van der Waals surface area contributed by atoms with E-state index >= 15 is 0 Å². The summed E-state index contributed by atoms with van der Waals surface area (Å²) < 4.78 is 6.89. The monoisotopic (exact) mass is 261 g/mol. The average molecular weight is 261 g/mol. The largest absolute Gasteiger partial charge is 0.504 e. The first-order valence-corrected chi connectivity index (χ1v) is 6.13. The quantitative estimate of drug-likeness (QED) is 0.887. The van der Waals surface area contributed by atoms with Crippen molar-refractivity contribution < 1.29 is 9.84 Å². The molecule has 0 atom stereocenters. The van der Waals surface area contributed by atoms with Crippen LogP contribution in [0.2, 0.25) is 0 Å². The summed E-state index contributed by atoms with van der Waals surface area (Å²) in [5.41, 5.74) is 4.19. The highest BCUT2D eigenvalue weighted by atomic mass is 16.5. The van der Waals surface area contributed by atoms with Crippen LogP contribution in [0.25, 0.3) is 0 Å². The number of anilines is 1. The van der Waals surface area contributed by atoms with Gasteiger partial charge in [-0.1, -0.05) is 0 Å². The highest BCUT2D eigenvalue weighted by molar-refractivity contribution is 5.54. The number of hydrogen-bond acceptors (Lipinski definition) is 4. The lowest BCUT2D eigenvalue weighted by Gasteiger charge is -2.09. The van der Waals surface area contributed by atoms with Gasteiger partial charge in [0, 0.05) is 36.6 Å². The van der Waals surface area contributed by atoms with Crippen LogP contribution in [0.4, 0.5) is 5.69 Å². The minimum Gasteiger partial charge on any atom is -0.504 e. The summed E-state index contributed by atoms with van der Waals surface area (Å²) in [6.07, 6.45) is 0. The number of aryl methyl sites for hydroxylation is 2. The summed E-state index contributed by atoms with van der Waals surface area (Å²) in [6.45, 7) is 4.72. The van der Waals surface area contributed by atoms with Gasteiger partial charge < -0.3 is 15.2 Å². The van der Waals surface area contributed by atoms with Crippen LogP contribution < -0.4 is 10.1 Å². The van der Waals surface area contributed by atoms with Crippen molar-refractivity contribution in [2.24, 2.45) is 7.05 Å². The summed E-state index contributed by atoms with van der Waals surface area (Å²) in [5.74, 6) is 0.603. The van der Waals surface area contributed by atoms with E-state index in [1.54, 1.807) is 12.1 Å². The third-order valence-electron chi connectivity index (χ3n) is 3.31. The van der Waals surface area contributed by atoms with E-state index in [0.717, 1.165) is 17.1 Å². The molecular formula is C14H19N3O2. The van der Waals surface area contributed by atoms with Gasteiger partial charge in [0.05, 0.1) is 12.8 Å². The molecule has 2 aromatic rings. The molecule has 0 bridgehead atoms. The fourth-order valence-electron chi connectivity index (χ4n) is 2.06. The number of phenols is 1. The molecule has 0 amide bonds. The number of nitrogens with zero attached hydrogens (tertiary/aromatic N) is 2. The Hall–Kier alpha value is -2.17. The Morgan fingerprint density at radius 1 is 1.37 bits per heavy atom. The van der Waals surface area contributed by atoms with Crippen molar-refractivity contribution in [2.45, 2.75) is 20.4 Å². The zero-order valence-corrected chi connectivity index (χ0v) is 11.7. The van der Waals surface area contributed by atoms with Crippen LogP contribution in [0, 0.1) is 13.8 Å². The van der Waals surface area contributed by atoms with Crippen molar-refractivity contribution in [3.63, 3.8) is 0 Å². The smallest absolute Gasteiger partial charge is 0.160 e. The van der Waals surface area contributed by atoms with Crippen LogP contribution in [0.15, 0.2) is 18.2 Å². The number of hydrogen-bond donors (Lipinski definition) is 2. The van der Waals surface area contributed by atoms with E-state index in [9.17, 15) is 5.11 Å². The van der Waals surface area contributed by atoms with Crippen molar-refractivity contribution in [3.05, 3.63) is 35.2 Å². The number of ether oxygens (including phenoxy) is 1. The first-order chi connectivity index (χ1) is 9.02. The van der Waals surface area contributed by atoms with Gasteiger partial charge in [0.15, 0.2) is 11.5 Å². The zero-order chi connectivity index (χ0) is 14.0. The standard InChI is InChI=1S/C14H19N3O2/c1-9-12(10(2)17(3)16-9)8-15-11-5-6-14(19-4)13(18)7-11/h5-7,15,18H,8H2,1-4H3. The normalized spacial score (nSPS) is 10.5. The van der Waals surface area contributed by atoms with Gasteiger partial charge in [0.25, 0.3) is 0 Å². The van der Waals surface area contributed by atoms with Crippen molar-refractivity contribution in [1.29, 1.82) is 0 Å². The maximum atomic E-state index is 9.72. The summed E-state index contributed by atoms with van der Waals surface area (Å²) in [4.78, 5) is 0. The third kappa shape index (κ3) is 2.65. The molecule has 0 saturated carbocycles. The molecule has 5 heteroatoms. The van der Waals surface area contributed by atoms with Crippen LogP contribution in [-0.2, 0) is 13.6 Å². The van der Waals surface area contributed by atoms with Gasteiger partial charge in [-0.3, -0.25) is 4.68 Å². The maximum absolute atomic E-state index is 9.72. The molecule has 0 aliphatic carbocycles. The Balaban J connectivity index is 2.12. The maximum Gasteiger partial charge on any atom is 0.160 e. The molecule has 2 N–H and O–H groups in total. The first kappa shape index (κ1) is 13.3. The summed E-state index contributed by atoms with van der Waals surface area (Å²) >= 11 is 0. The lowest BCUT2D eigenvalue weighted by Crippen LogP contribution is -2.02. The van der Waals surface area contributed by atoms with Crippen molar-refractivity contribution >= 4 is 5.69 Å². The van der Waals surface area contributed by atoms with Crippen molar-refractivity contribution in [1.82, 2.24) is 9.78 Å². The molecule has 0 unspecified atom stereocenters. The van der Waals surface area contributed by atoms with Crippen LogP contribution in [0.3, 0.4) is 0 Å². The number of benzene rings is 1. The van der Waals surface area contributed by atoms with Crippen LogP contribution in [-0.4, -0.2) is 22.0 Å². The highest BCUT2D eigenvalue weighted by Crippen LogP contribution is 2.28. The Labute approximate surface area is 112 Å². The van der Waals surface area contributed by atoms with E-state index in [0.29, 0.717) is 12.3 Å². The second-order valence-corrected chi connectivity index (χ2v) is 4.51. The number of aromatic nitrogens is 2. The highest BCUT2D eigenvalue weighted by Gasteiger charge is 2.09. The van der Waals surface area contributed by atoms with Crippen molar-refractivity contribution in [2.75, 3.05) is 12.4 Å². The average Bonchev–Trinajstić information content (AvgIpc) is 2.61. The molecule has 0 aliphatic rings. The minimum atomic E-state index is 0.132. The summed E-state index contributed by atoms with van der Waals surface area (Å²) in [6, 6.07) is 5.26. The molecule has 0 aliphatic heterocycles. The SMILES string of the molecule is COc1ccc(NCc2c(C)nn(C)c2C)cc1O. The van der Waals surface area contributed by atoms with Gasteiger partial charge in [0.1, 0.15) is 0 Å². The number of rotatable bonds is 4. The Morgan fingerprint density at radius 3 is 2.63 bits per heavy atom. The fraction of sp³-hybridized carbons (Fsp3) is 0.357. The molecule has 102 valence electrons. The van der Waals surface area contributed by atoms with Gasteiger partial charge in [-0.25, -0.2) is 0 Å². The molecule has 1 heterocycles. The minimum absolute atomic E-state index is 0.132. The van der Waals surface area contributed by atoms with E-state index < -0.39 is 0 Å². The van der Waals surface area contributed by atoms with Crippen LogP contribution >= 0.6 is 0 Å². The number of aromatic hydroxyl groups is 1. The van der Waals surface area contributed by atoms with Gasteiger partial charge in [-0.15, -0.1) is 0 Å². The predicted molar refractivity (Wildman–Crippen MR) is 74.7 cm³/mol. The van der Waals surface area contributed by atoms with E-state index in [2.05, 4.69) is 10.4 Å². The molecule has 2 rings (SSSR count). The molecule has 1 aromatic heterocycles. The van der Waals surface area contributed by atoms with E-state index in [1.165, 1.54) is 12.7 Å². The van der Waals surface area contributed by atoms with Gasteiger partial charge in [0.2, 0.25) is 0 Å². The van der Waals surface area contributed by atoms with Crippen LogP contribution in [0.5, 0.6) is 11.5 Å². The predicted octanol–water partition coefficient (Wildman–Crippen LogP) is 2.36. The molecule has 0 radical (unpaired) electrons. The van der Waals surface area contributed by atoms with E-state index in [-0.39, 0.29) is 5.75 Å². The van der Waals surface area contributed by atoms with Gasteiger partial charge >= 0.3 is 0 Å². The lowest BCUT2D eigenvalue weighted by atomic mass is 10.2. The second kappa shape index (κ2) is 5.22. The van der Waals surface area contributed by atoms with E-state index in [4.69, 9.17) is 4.74 Å². The Morgan fingerprint density at radius 2 is 2.11 bits per heavy atom. The summed E-state index contributed by atoms with van der Waals surface area (Å²) in [5, 5.41) is 17.4. The number of phenolic OH excluding ortho intramolecular Hbond substituents is 1. The van der Waals surface area contributed by atoms with E-state index in [1.807, 2.05) is 31.6 Å². The number of nitrogens with one attached hydrogen (secondary N) is 1. The first-order valence-electron chi connectivity index (χ1n) is 6.13. The molecule has 0 fully saturated rings. The molecule has 0 spiro atoms. The molecular weight excluding hydrogens is 242 g/mol. The molecule has 1 aromatic carbocycles. The Bertz CT molecular complexity index is 591. The molecule has 19 heavy (non-hydrogen) atoms. The van der Waals surface area contributed by atoms with Crippen molar-refractivity contribution in [3.8, 4) is 11.5 Å². The number of methoxy groups -OCH3 is 1.